The lowest BCUT2D eigenvalue weighted by Crippen LogP contribution is -2.07. The molecule has 2 rings (SSSR count). The molecule has 0 aliphatic heterocycles. The molecule has 98 valence electrons. The Hall–Kier alpha value is -1.19. The van der Waals surface area contributed by atoms with Gasteiger partial charge in [0.15, 0.2) is 0 Å². The van der Waals surface area contributed by atoms with Crippen LogP contribution in [-0.4, -0.2) is 5.78 Å². The number of halogens is 3. The van der Waals surface area contributed by atoms with Gasteiger partial charge in [0.25, 0.3) is 0 Å². The molecule has 0 aliphatic carbocycles. The molecule has 2 aromatic rings. The van der Waals surface area contributed by atoms with Gasteiger partial charge in [-0.1, -0.05) is 45.7 Å². The van der Waals surface area contributed by atoms with Gasteiger partial charge in [0.1, 0.15) is 11.6 Å². The van der Waals surface area contributed by atoms with Gasteiger partial charge in [0.05, 0.1) is 0 Å². The number of carbonyl (C=O) groups is 1. The van der Waals surface area contributed by atoms with Crippen molar-refractivity contribution in [3.05, 3.63) is 68.9 Å². The summed E-state index contributed by atoms with van der Waals surface area (Å²) in [5.74, 6) is -0.387. The van der Waals surface area contributed by atoms with E-state index in [1.165, 1.54) is 6.07 Å². The lowest BCUT2D eigenvalue weighted by molar-refractivity contribution is -0.117. The Balaban J connectivity index is 2.03. The van der Waals surface area contributed by atoms with E-state index in [1.54, 1.807) is 36.4 Å². The number of hydrogen-bond acceptors (Lipinski definition) is 1. The summed E-state index contributed by atoms with van der Waals surface area (Å²) in [4.78, 5) is 11.9. The van der Waals surface area contributed by atoms with Gasteiger partial charge in [0.2, 0.25) is 0 Å². The van der Waals surface area contributed by atoms with E-state index in [2.05, 4.69) is 15.9 Å². The van der Waals surface area contributed by atoms with Crippen LogP contribution >= 0.6 is 27.5 Å². The molecule has 4 heteroatoms. The smallest absolute Gasteiger partial charge is 0.141 e. The summed E-state index contributed by atoms with van der Waals surface area (Å²) in [6.45, 7) is 0. The predicted octanol–water partition coefficient (Wildman–Crippen LogP) is 4.60. The molecule has 0 radical (unpaired) electrons. The van der Waals surface area contributed by atoms with E-state index < -0.39 is 0 Å². The topological polar surface area (TPSA) is 17.1 Å². The first-order chi connectivity index (χ1) is 9.04. The van der Waals surface area contributed by atoms with E-state index in [0.717, 1.165) is 5.56 Å². The third-order valence-electron chi connectivity index (χ3n) is 2.72. The minimum Gasteiger partial charge on any atom is -0.299 e. The zero-order chi connectivity index (χ0) is 13.8. The summed E-state index contributed by atoms with van der Waals surface area (Å²) in [5.41, 5.74) is 1.30. The largest absolute Gasteiger partial charge is 0.299 e. The fraction of sp³-hybridized carbons (Fsp3) is 0.133. The second kappa shape index (κ2) is 6.31. The maximum Gasteiger partial charge on any atom is 0.141 e. The third kappa shape index (κ3) is 4.15. The molecule has 0 saturated heterocycles. The van der Waals surface area contributed by atoms with Crippen LogP contribution in [-0.2, 0) is 17.6 Å². The van der Waals surface area contributed by atoms with Gasteiger partial charge in [-0.15, -0.1) is 0 Å². The Kier molecular flexibility index (Phi) is 4.72. The van der Waals surface area contributed by atoms with E-state index in [1.807, 2.05) is 0 Å². The average Bonchev–Trinajstić information content (AvgIpc) is 2.36. The van der Waals surface area contributed by atoms with Crippen molar-refractivity contribution in [2.24, 2.45) is 0 Å². The molecule has 0 unspecified atom stereocenters. The SMILES string of the molecule is O=C(Cc1ccc(Cl)cc1)Cc1ccc(Br)cc1F. The maximum absolute atomic E-state index is 13.6. The molecule has 19 heavy (non-hydrogen) atoms. The molecule has 0 atom stereocenters. The maximum atomic E-state index is 13.6. The number of Topliss-reactive ketones (excluding diaryl/α,β-unsaturated/α-hetero) is 1. The number of hydrogen-bond donors (Lipinski definition) is 0. The van der Waals surface area contributed by atoms with Crippen molar-refractivity contribution in [2.75, 3.05) is 0 Å². The summed E-state index contributed by atoms with van der Waals surface area (Å²) >= 11 is 8.96. The van der Waals surface area contributed by atoms with E-state index in [9.17, 15) is 9.18 Å². The van der Waals surface area contributed by atoms with Crippen LogP contribution in [0.2, 0.25) is 5.02 Å². The van der Waals surface area contributed by atoms with Gasteiger partial charge < -0.3 is 0 Å². The van der Waals surface area contributed by atoms with Crippen LogP contribution in [0.15, 0.2) is 46.9 Å². The normalized spacial score (nSPS) is 10.5. The van der Waals surface area contributed by atoms with Crippen molar-refractivity contribution >= 4 is 33.3 Å². The summed E-state index contributed by atoms with van der Waals surface area (Å²) in [6.07, 6.45) is 0.383. The Morgan fingerprint density at radius 3 is 2.42 bits per heavy atom. The van der Waals surface area contributed by atoms with Crippen LogP contribution in [0, 0.1) is 5.82 Å². The number of benzene rings is 2. The zero-order valence-electron chi connectivity index (χ0n) is 10.00. The van der Waals surface area contributed by atoms with Crippen molar-refractivity contribution in [3.8, 4) is 0 Å². The highest BCUT2D eigenvalue weighted by atomic mass is 79.9. The van der Waals surface area contributed by atoms with E-state index in [-0.39, 0.29) is 24.4 Å². The summed E-state index contributed by atoms with van der Waals surface area (Å²) in [6, 6.07) is 11.8. The fourth-order valence-corrected chi connectivity index (χ4v) is 2.23. The second-order valence-corrected chi connectivity index (χ2v) is 5.61. The first-order valence-corrected chi connectivity index (χ1v) is 6.92. The van der Waals surface area contributed by atoms with Crippen LogP contribution in [0.5, 0.6) is 0 Å². The average molecular weight is 342 g/mol. The van der Waals surface area contributed by atoms with Gasteiger partial charge in [-0.3, -0.25) is 4.79 Å². The molecule has 0 heterocycles. The van der Waals surface area contributed by atoms with Gasteiger partial charge in [-0.05, 0) is 35.4 Å². The third-order valence-corrected chi connectivity index (χ3v) is 3.46. The quantitative estimate of drug-likeness (QED) is 0.794. The zero-order valence-corrected chi connectivity index (χ0v) is 12.3. The molecule has 0 spiro atoms. The molecule has 0 fully saturated rings. The molecule has 1 nitrogen and oxygen atoms in total. The van der Waals surface area contributed by atoms with Crippen molar-refractivity contribution < 1.29 is 9.18 Å². The number of carbonyl (C=O) groups excluding carboxylic acids is 1. The molecular formula is C15H11BrClFO. The Bertz CT molecular complexity index is 596. The van der Waals surface area contributed by atoms with Crippen molar-refractivity contribution in [2.45, 2.75) is 12.8 Å². The van der Waals surface area contributed by atoms with Crippen molar-refractivity contribution in [3.63, 3.8) is 0 Å². The lowest BCUT2D eigenvalue weighted by atomic mass is 10.0. The Labute approximate surface area is 124 Å². The first-order valence-electron chi connectivity index (χ1n) is 5.74. The minimum atomic E-state index is -0.362. The molecule has 0 aromatic heterocycles. The number of rotatable bonds is 4. The minimum absolute atomic E-state index is 0.0245. The van der Waals surface area contributed by atoms with E-state index in [0.29, 0.717) is 15.1 Å². The Morgan fingerprint density at radius 1 is 1.11 bits per heavy atom. The van der Waals surface area contributed by atoms with E-state index >= 15 is 0 Å². The van der Waals surface area contributed by atoms with Gasteiger partial charge in [-0.2, -0.15) is 0 Å². The van der Waals surface area contributed by atoms with Gasteiger partial charge in [-0.25, -0.2) is 4.39 Å². The molecule has 0 amide bonds. The second-order valence-electron chi connectivity index (χ2n) is 4.25. The molecule has 2 aromatic carbocycles. The summed E-state index contributed by atoms with van der Waals surface area (Å²) < 4.78 is 14.3. The Morgan fingerprint density at radius 2 is 1.79 bits per heavy atom. The monoisotopic (exact) mass is 340 g/mol. The molecule has 0 aliphatic rings. The molecular weight excluding hydrogens is 331 g/mol. The van der Waals surface area contributed by atoms with Crippen molar-refractivity contribution in [1.29, 1.82) is 0 Å². The lowest BCUT2D eigenvalue weighted by Gasteiger charge is -2.04. The van der Waals surface area contributed by atoms with Crippen LogP contribution < -0.4 is 0 Å². The van der Waals surface area contributed by atoms with Crippen LogP contribution in [0.1, 0.15) is 11.1 Å². The summed E-state index contributed by atoms with van der Waals surface area (Å²) in [5, 5.41) is 0.634. The van der Waals surface area contributed by atoms with Crippen molar-refractivity contribution in [1.82, 2.24) is 0 Å². The summed E-state index contributed by atoms with van der Waals surface area (Å²) in [7, 11) is 0. The predicted molar refractivity (Wildman–Crippen MR) is 78.0 cm³/mol. The first kappa shape index (κ1) is 14.2. The van der Waals surface area contributed by atoms with Crippen LogP contribution in [0.3, 0.4) is 0 Å². The van der Waals surface area contributed by atoms with Crippen LogP contribution in [0.25, 0.3) is 0 Å². The molecule has 0 bridgehead atoms. The highest BCUT2D eigenvalue weighted by Gasteiger charge is 2.09. The fourth-order valence-electron chi connectivity index (χ4n) is 1.77. The molecule has 0 saturated carbocycles. The van der Waals surface area contributed by atoms with Gasteiger partial charge >= 0.3 is 0 Å². The highest BCUT2D eigenvalue weighted by Crippen LogP contribution is 2.17. The van der Waals surface area contributed by atoms with Crippen LogP contribution in [0.4, 0.5) is 4.39 Å². The number of ketones is 1. The highest BCUT2D eigenvalue weighted by molar-refractivity contribution is 9.10. The molecule has 0 N–H and O–H groups in total. The van der Waals surface area contributed by atoms with Gasteiger partial charge in [0, 0.05) is 22.3 Å². The van der Waals surface area contributed by atoms with E-state index in [4.69, 9.17) is 11.6 Å². The standard InChI is InChI=1S/C15H11BrClFO/c16-12-4-3-11(15(18)9-12)8-14(19)7-10-1-5-13(17)6-2-10/h1-6,9H,7-8H2.